The SMILES string of the molecule is c1ccc(-n2c3ccccc3c3cccc(-c4cccc5c(-c6cccc7c6-c6ccccc6C76c7ccccc7-c7ccccc76)c6cccc(-c7cccc8c9ccccc9n(-c9ccccc9)c78)c6cc45)c32)cc1. The van der Waals surface area contributed by atoms with E-state index in [0.717, 1.165) is 11.4 Å². The Hall–Kier alpha value is -10.0. The van der Waals surface area contributed by atoms with Gasteiger partial charge in [0, 0.05) is 44.0 Å². The number of hydrogen-bond donors (Lipinski definition) is 0. The van der Waals surface area contributed by atoms with Crippen LogP contribution in [0.1, 0.15) is 22.3 Å². The molecule has 0 amide bonds. The fraction of sp³-hybridized carbons (Fsp3) is 0.0133. The summed E-state index contributed by atoms with van der Waals surface area (Å²) in [6.07, 6.45) is 0. The Balaban J connectivity index is 1.03. The Morgan fingerprint density at radius 1 is 0.208 bits per heavy atom. The van der Waals surface area contributed by atoms with E-state index >= 15 is 0 Å². The highest BCUT2D eigenvalue weighted by Crippen LogP contribution is 2.64. The summed E-state index contributed by atoms with van der Waals surface area (Å²) in [7, 11) is 0. The van der Waals surface area contributed by atoms with Gasteiger partial charge in [0.25, 0.3) is 0 Å². The van der Waals surface area contributed by atoms with Crippen molar-refractivity contribution < 1.29 is 0 Å². The zero-order valence-corrected chi connectivity index (χ0v) is 42.0. The highest BCUT2D eigenvalue weighted by Gasteiger charge is 2.52. The standard InChI is InChI=1S/C75H46N2/c1-3-22-47(23-4-1)76-69-44-15-10-28-53(69)59-37-19-35-57(73(59)76)49-31-17-33-55-63(49)46-64-50(58-36-20-38-60-54-29-11-16-45-70(54)77(74(58)60)48-24-5-2-6-25-48)32-18-34-56(64)71(55)62-39-21-43-68-72(62)61-30-9-14-42-67(61)75(68)65-40-12-7-26-51(65)52-27-8-13-41-66(52)75/h1-46H. The van der Waals surface area contributed by atoms with E-state index in [9.17, 15) is 0 Å². The highest BCUT2D eigenvalue weighted by atomic mass is 15.0. The maximum Gasteiger partial charge on any atom is 0.0725 e. The molecule has 1 spiro atoms. The van der Waals surface area contributed by atoms with Crippen molar-refractivity contribution in [3.8, 4) is 67.0 Å². The summed E-state index contributed by atoms with van der Waals surface area (Å²) in [5, 5.41) is 9.83. The monoisotopic (exact) mass is 974 g/mol. The Kier molecular flexibility index (Phi) is 8.80. The predicted octanol–water partition coefficient (Wildman–Crippen LogP) is 19.5. The molecule has 2 heteroatoms. The second-order valence-corrected chi connectivity index (χ2v) is 20.9. The lowest BCUT2D eigenvalue weighted by molar-refractivity contribution is 0.794. The van der Waals surface area contributed by atoms with Crippen LogP contribution in [0.5, 0.6) is 0 Å². The minimum atomic E-state index is -0.479. The Labute approximate surface area is 445 Å². The van der Waals surface area contributed by atoms with Gasteiger partial charge in [0.05, 0.1) is 27.5 Å². The lowest BCUT2D eigenvalue weighted by Gasteiger charge is -2.30. The van der Waals surface area contributed by atoms with Gasteiger partial charge in [0.15, 0.2) is 0 Å². The van der Waals surface area contributed by atoms with Crippen molar-refractivity contribution in [2.24, 2.45) is 0 Å². The molecular formula is C75H46N2. The summed E-state index contributed by atoms with van der Waals surface area (Å²) in [4.78, 5) is 0. The van der Waals surface area contributed by atoms with Gasteiger partial charge in [-0.05, 0) is 131 Å². The van der Waals surface area contributed by atoms with E-state index in [-0.39, 0.29) is 0 Å². The molecule has 2 aliphatic carbocycles. The molecule has 15 aromatic rings. The average Bonchev–Trinajstić information content (AvgIpc) is 4.41. The highest BCUT2D eigenvalue weighted by molar-refractivity contribution is 6.24. The van der Waals surface area contributed by atoms with Crippen molar-refractivity contribution in [1.29, 1.82) is 0 Å². The molecule has 2 aliphatic rings. The van der Waals surface area contributed by atoms with Crippen LogP contribution in [0.2, 0.25) is 0 Å². The largest absolute Gasteiger partial charge is 0.309 e. The van der Waals surface area contributed by atoms with Crippen LogP contribution in [0.25, 0.3) is 132 Å². The first-order chi connectivity index (χ1) is 38.3. The van der Waals surface area contributed by atoms with Crippen molar-refractivity contribution in [2.45, 2.75) is 5.41 Å². The molecule has 0 saturated carbocycles. The molecule has 0 atom stereocenters. The van der Waals surface area contributed by atoms with Crippen LogP contribution < -0.4 is 0 Å². The van der Waals surface area contributed by atoms with E-state index in [2.05, 4.69) is 288 Å². The minimum Gasteiger partial charge on any atom is -0.309 e. The average molecular weight is 975 g/mol. The minimum absolute atomic E-state index is 0.479. The van der Waals surface area contributed by atoms with Crippen molar-refractivity contribution >= 4 is 65.2 Å². The lowest BCUT2D eigenvalue weighted by atomic mass is 9.70. The smallest absolute Gasteiger partial charge is 0.0725 e. The Bertz CT molecular complexity index is 4710. The second-order valence-electron chi connectivity index (χ2n) is 20.9. The molecule has 2 nitrogen and oxygen atoms in total. The summed E-state index contributed by atoms with van der Waals surface area (Å²) in [6.45, 7) is 0. The first-order valence-corrected chi connectivity index (χ1v) is 26.8. The predicted molar refractivity (Wildman–Crippen MR) is 323 cm³/mol. The van der Waals surface area contributed by atoms with Gasteiger partial charge in [-0.25, -0.2) is 0 Å². The molecule has 0 radical (unpaired) electrons. The van der Waals surface area contributed by atoms with Crippen LogP contribution in [0.15, 0.2) is 279 Å². The second kappa shape index (κ2) is 16.0. The summed E-state index contributed by atoms with van der Waals surface area (Å²) >= 11 is 0. The maximum absolute atomic E-state index is 2.53. The molecule has 0 bridgehead atoms. The number of hydrogen-bond acceptors (Lipinski definition) is 0. The van der Waals surface area contributed by atoms with E-state index in [1.165, 1.54) is 143 Å². The first-order valence-electron chi connectivity index (χ1n) is 26.8. The Morgan fingerprint density at radius 3 is 1.08 bits per heavy atom. The molecular weight excluding hydrogens is 929 g/mol. The molecule has 356 valence electrons. The normalized spacial score (nSPS) is 13.0. The van der Waals surface area contributed by atoms with Crippen LogP contribution >= 0.6 is 0 Å². The van der Waals surface area contributed by atoms with Crippen LogP contribution in [0.3, 0.4) is 0 Å². The van der Waals surface area contributed by atoms with Crippen molar-refractivity contribution in [2.75, 3.05) is 0 Å². The number of fused-ring (bicyclic) bond motifs is 18. The summed E-state index contributed by atoms with van der Waals surface area (Å²) in [5.74, 6) is 0. The van der Waals surface area contributed by atoms with E-state index in [0.29, 0.717) is 0 Å². The zero-order chi connectivity index (χ0) is 50.3. The van der Waals surface area contributed by atoms with E-state index < -0.39 is 5.41 Å². The molecule has 2 aromatic heterocycles. The summed E-state index contributed by atoms with van der Waals surface area (Å²) in [5.41, 5.74) is 24.5. The van der Waals surface area contributed by atoms with Crippen LogP contribution in [-0.2, 0) is 5.41 Å². The first kappa shape index (κ1) is 42.3. The topological polar surface area (TPSA) is 9.86 Å². The number of nitrogens with zero attached hydrogens (tertiary/aromatic N) is 2. The molecule has 0 fully saturated rings. The fourth-order valence-corrected chi connectivity index (χ4v) is 14.4. The molecule has 2 heterocycles. The number of aromatic nitrogens is 2. The molecule has 77 heavy (non-hydrogen) atoms. The molecule has 13 aromatic carbocycles. The van der Waals surface area contributed by atoms with Gasteiger partial charge < -0.3 is 9.13 Å². The Morgan fingerprint density at radius 2 is 0.558 bits per heavy atom. The molecule has 0 unspecified atom stereocenters. The third kappa shape index (κ3) is 5.63. The lowest BCUT2D eigenvalue weighted by Crippen LogP contribution is -2.25. The molecule has 17 rings (SSSR count). The van der Waals surface area contributed by atoms with Crippen molar-refractivity contribution in [1.82, 2.24) is 9.13 Å². The summed E-state index contributed by atoms with van der Waals surface area (Å²) < 4.78 is 4.96. The van der Waals surface area contributed by atoms with E-state index in [1.807, 2.05) is 0 Å². The van der Waals surface area contributed by atoms with Crippen molar-refractivity contribution in [3.05, 3.63) is 301 Å². The van der Waals surface area contributed by atoms with Crippen molar-refractivity contribution in [3.63, 3.8) is 0 Å². The van der Waals surface area contributed by atoms with Gasteiger partial charge in [-0.15, -0.1) is 0 Å². The van der Waals surface area contributed by atoms with Crippen LogP contribution in [-0.4, -0.2) is 9.13 Å². The van der Waals surface area contributed by atoms with Gasteiger partial charge in [-0.2, -0.15) is 0 Å². The zero-order valence-electron chi connectivity index (χ0n) is 42.0. The van der Waals surface area contributed by atoms with Gasteiger partial charge in [-0.3, -0.25) is 0 Å². The number of rotatable bonds is 5. The molecule has 0 aliphatic heterocycles. The quantitative estimate of drug-likeness (QED) is 0.152. The van der Waals surface area contributed by atoms with E-state index in [1.54, 1.807) is 0 Å². The summed E-state index contributed by atoms with van der Waals surface area (Å²) in [6, 6.07) is 105. The maximum atomic E-state index is 2.53. The van der Waals surface area contributed by atoms with E-state index in [4.69, 9.17) is 0 Å². The van der Waals surface area contributed by atoms with Crippen LogP contribution in [0.4, 0.5) is 0 Å². The molecule has 0 N–H and O–H groups in total. The third-order valence-corrected chi connectivity index (χ3v) is 17.3. The van der Waals surface area contributed by atoms with Crippen LogP contribution in [0, 0.1) is 0 Å². The third-order valence-electron chi connectivity index (χ3n) is 17.3. The van der Waals surface area contributed by atoms with Gasteiger partial charge in [0.2, 0.25) is 0 Å². The van der Waals surface area contributed by atoms with Gasteiger partial charge >= 0.3 is 0 Å². The fourth-order valence-electron chi connectivity index (χ4n) is 14.4. The van der Waals surface area contributed by atoms with Gasteiger partial charge in [0.1, 0.15) is 0 Å². The molecule has 0 saturated heterocycles. The number of benzene rings is 13. The van der Waals surface area contributed by atoms with Gasteiger partial charge in [-0.1, -0.05) is 237 Å². The number of para-hydroxylation sites is 6.